The molecule has 2 aromatic rings. The number of hydrogen-bond donors (Lipinski definition) is 1. The van der Waals surface area contributed by atoms with Crippen LogP contribution in [0.2, 0.25) is 0 Å². The van der Waals surface area contributed by atoms with Crippen LogP contribution in [-0.2, 0) is 0 Å². The number of nitrogens with zero attached hydrogens (tertiary/aromatic N) is 1. The van der Waals surface area contributed by atoms with Gasteiger partial charge in [0.05, 0.1) is 6.61 Å². The van der Waals surface area contributed by atoms with E-state index >= 15 is 0 Å². The third-order valence-corrected chi connectivity index (χ3v) is 6.36. The first kappa shape index (κ1) is 21.3. The van der Waals surface area contributed by atoms with E-state index in [4.69, 9.17) is 0 Å². The first-order chi connectivity index (χ1) is 15.2. The summed E-state index contributed by atoms with van der Waals surface area (Å²) in [5.41, 5.74) is 2.58. The Labute approximate surface area is 183 Å². The summed E-state index contributed by atoms with van der Waals surface area (Å²) >= 11 is 0. The largest absolute Gasteiger partial charge is 0.395 e. The van der Waals surface area contributed by atoms with Gasteiger partial charge in [0, 0.05) is 47.1 Å². The summed E-state index contributed by atoms with van der Waals surface area (Å²) in [6.45, 7) is 0.287. The average molecular weight is 416 g/mol. The Morgan fingerprint density at radius 2 is 1.26 bits per heavy atom. The highest BCUT2D eigenvalue weighted by Crippen LogP contribution is 2.42. The van der Waals surface area contributed by atoms with Crippen LogP contribution < -0.4 is 0 Å². The van der Waals surface area contributed by atoms with Crippen molar-refractivity contribution in [2.45, 2.75) is 32.1 Å². The second-order valence-corrected chi connectivity index (χ2v) is 8.40. The van der Waals surface area contributed by atoms with Crippen LogP contribution in [0.3, 0.4) is 0 Å². The van der Waals surface area contributed by atoms with Crippen molar-refractivity contribution < 1.29 is 14.7 Å². The van der Waals surface area contributed by atoms with E-state index in [0.29, 0.717) is 28.8 Å². The zero-order valence-electron chi connectivity index (χ0n) is 17.7. The van der Waals surface area contributed by atoms with E-state index in [9.17, 15) is 14.7 Å². The minimum Gasteiger partial charge on any atom is -0.395 e. The minimum absolute atomic E-state index is 0.0365. The van der Waals surface area contributed by atoms with E-state index < -0.39 is 0 Å². The van der Waals surface area contributed by atoms with Gasteiger partial charge in [-0.1, -0.05) is 79.9 Å². The SMILES string of the molecule is O=C(C1=CN(CCO)C=C(C(=O)c2ccccc2)C1C1CCCCC1)c1ccccc1. The molecule has 0 saturated heterocycles. The third-order valence-electron chi connectivity index (χ3n) is 6.36. The predicted molar refractivity (Wildman–Crippen MR) is 122 cm³/mol. The first-order valence-corrected chi connectivity index (χ1v) is 11.2. The maximum Gasteiger partial charge on any atom is 0.191 e. The van der Waals surface area contributed by atoms with Gasteiger partial charge < -0.3 is 10.0 Å². The molecule has 0 unspecified atom stereocenters. The van der Waals surface area contributed by atoms with Crippen LogP contribution in [0.5, 0.6) is 0 Å². The summed E-state index contributed by atoms with van der Waals surface area (Å²) in [6.07, 6.45) is 9.20. The quantitative estimate of drug-likeness (QED) is 0.645. The fraction of sp³-hybridized carbons (Fsp3) is 0.333. The number of benzene rings is 2. The highest BCUT2D eigenvalue weighted by molar-refractivity contribution is 6.14. The molecule has 1 N–H and O–H groups in total. The van der Waals surface area contributed by atoms with Crippen molar-refractivity contribution in [3.63, 3.8) is 0 Å². The van der Waals surface area contributed by atoms with Crippen LogP contribution in [0, 0.1) is 11.8 Å². The van der Waals surface area contributed by atoms with Crippen molar-refractivity contribution >= 4 is 11.6 Å². The van der Waals surface area contributed by atoms with Crippen molar-refractivity contribution in [2.24, 2.45) is 11.8 Å². The monoisotopic (exact) mass is 415 g/mol. The summed E-state index contributed by atoms with van der Waals surface area (Å²) in [5, 5.41) is 9.55. The van der Waals surface area contributed by atoms with E-state index in [1.165, 1.54) is 6.42 Å². The lowest BCUT2D eigenvalue weighted by Gasteiger charge is -2.37. The zero-order valence-corrected chi connectivity index (χ0v) is 17.7. The van der Waals surface area contributed by atoms with Crippen molar-refractivity contribution in [2.75, 3.05) is 13.2 Å². The van der Waals surface area contributed by atoms with Gasteiger partial charge in [-0.15, -0.1) is 0 Å². The highest BCUT2D eigenvalue weighted by Gasteiger charge is 2.38. The molecule has 0 amide bonds. The molecule has 1 aliphatic heterocycles. The van der Waals surface area contributed by atoms with E-state index in [0.717, 1.165) is 25.7 Å². The molecule has 0 spiro atoms. The molecule has 4 nitrogen and oxygen atoms in total. The Hall–Kier alpha value is -2.98. The molecule has 1 aliphatic carbocycles. The lowest BCUT2D eigenvalue weighted by atomic mass is 9.69. The number of rotatable bonds is 7. The van der Waals surface area contributed by atoms with Gasteiger partial charge in [0.25, 0.3) is 0 Å². The lowest BCUT2D eigenvalue weighted by molar-refractivity contribution is 0.0980. The Kier molecular flexibility index (Phi) is 6.78. The molecule has 0 aromatic heterocycles. The molecule has 4 heteroatoms. The van der Waals surface area contributed by atoms with Crippen LogP contribution in [-0.4, -0.2) is 34.7 Å². The second-order valence-electron chi connectivity index (χ2n) is 8.40. The van der Waals surface area contributed by atoms with Crippen LogP contribution in [0.25, 0.3) is 0 Å². The van der Waals surface area contributed by atoms with E-state index in [2.05, 4.69) is 0 Å². The summed E-state index contributed by atoms with van der Waals surface area (Å²) in [5.74, 6) is -0.0327. The van der Waals surface area contributed by atoms with Gasteiger partial charge in [0.15, 0.2) is 11.6 Å². The van der Waals surface area contributed by atoms with E-state index in [1.54, 1.807) is 4.90 Å². The Morgan fingerprint density at radius 3 is 1.71 bits per heavy atom. The Balaban J connectivity index is 1.79. The smallest absolute Gasteiger partial charge is 0.191 e. The van der Waals surface area contributed by atoms with Gasteiger partial charge in [-0.05, 0) is 18.8 Å². The molecular weight excluding hydrogens is 386 g/mol. The van der Waals surface area contributed by atoms with Crippen molar-refractivity contribution in [3.05, 3.63) is 95.3 Å². The van der Waals surface area contributed by atoms with Crippen LogP contribution >= 0.6 is 0 Å². The molecular formula is C27H29NO3. The number of carbonyl (C=O) groups excluding carboxylic acids is 2. The van der Waals surface area contributed by atoms with Gasteiger partial charge in [-0.2, -0.15) is 0 Å². The van der Waals surface area contributed by atoms with Crippen molar-refractivity contribution in [3.8, 4) is 0 Å². The Morgan fingerprint density at radius 1 is 0.774 bits per heavy atom. The van der Waals surface area contributed by atoms with Gasteiger partial charge in [0.2, 0.25) is 0 Å². The fourth-order valence-corrected chi connectivity index (χ4v) is 4.85. The summed E-state index contributed by atoms with van der Waals surface area (Å²) in [7, 11) is 0. The number of β-amino-alcohol motifs (C(OH)–C–C–N with tert-alkyl or cyclic N) is 1. The topological polar surface area (TPSA) is 57.6 Å². The fourth-order valence-electron chi connectivity index (χ4n) is 4.85. The van der Waals surface area contributed by atoms with Crippen LogP contribution in [0.15, 0.2) is 84.2 Å². The standard InChI is InChI=1S/C27H29NO3/c29-17-16-28-18-23(26(30)21-12-6-2-7-13-21)25(20-10-4-1-5-11-20)24(19-28)27(31)22-14-8-3-9-15-22/h2-3,6-9,12-15,18-20,25,29H,1,4-5,10-11,16-17H2. The van der Waals surface area contributed by atoms with E-state index in [-0.39, 0.29) is 30.0 Å². The van der Waals surface area contributed by atoms with Crippen molar-refractivity contribution in [1.82, 2.24) is 4.90 Å². The molecule has 0 bridgehead atoms. The van der Waals surface area contributed by atoms with Gasteiger partial charge in [-0.3, -0.25) is 9.59 Å². The van der Waals surface area contributed by atoms with Gasteiger partial charge >= 0.3 is 0 Å². The summed E-state index contributed by atoms with van der Waals surface area (Å²) < 4.78 is 0. The first-order valence-electron chi connectivity index (χ1n) is 11.2. The maximum absolute atomic E-state index is 13.6. The number of allylic oxidation sites excluding steroid dienone is 2. The molecule has 1 saturated carbocycles. The van der Waals surface area contributed by atoms with Gasteiger partial charge in [0.1, 0.15) is 0 Å². The molecule has 2 aromatic carbocycles. The molecule has 1 heterocycles. The number of Topliss-reactive ketones (excluding diaryl/α,β-unsaturated/α-hetero) is 2. The number of carbonyl (C=O) groups is 2. The summed E-state index contributed by atoms with van der Waals surface area (Å²) in [4.78, 5) is 29.0. The summed E-state index contributed by atoms with van der Waals surface area (Å²) in [6, 6.07) is 18.6. The second kappa shape index (κ2) is 9.88. The maximum atomic E-state index is 13.6. The molecule has 2 aliphatic rings. The van der Waals surface area contributed by atoms with Crippen LogP contribution in [0.1, 0.15) is 52.8 Å². The minimum atomic E-state index is -0.226. The molecule has 31 heavy (non-hydrogen) atoms. The molecule has 0 radical (unpaired) electrons. The lowest BCUT2D eigenvalue weighted by Crippen LogP contribution is -2.34. The normalized spacial score (nSPS) is 17.8. The number of aliphatic hydroxyl groups is 1. The number of aliphatic hydroxyl groups excluding tert-OH is 1. The number of ketones is 2. The average Bonchev–Trinajstić information content (AvgIpc) is 2.84. The molecule has 1 fully saturated rings. The zero-order chi connectivity index (χ0) is 21.6. The van der Waals surface area contributed by atoms with E-state index in [1.807, 2.05) is 73.1 Å². The predicted octanol–water partition coefficient (Wildman–Crippen LogP) is 5.02. The molecule has 160 valence electrons. The van der Waals surface area contributed by atoms with Gasteiger partial charge in [-0.25, -0.2) is 0 Å². The molecule has 0 atom stereocenters. The molecule has 4 rings (SSSR count). The Bertz CT molecular complexity index is 903. The third kappa shape index (κ3) is 4.70. The van der Waals surface area contributed by atoms with Crippen molar-refractivity contribution in [1.29, 1.82) is 0 Å². The number of hydrogen-bond acceptors (Lipinski definition) is 4. The highest BCUT2D eigenvalue weighted by atomic mass is 16.3. The van der Waals surface area contributed by atoms with Crippen LogP contribution in [0.4, 0.5) is 0 Å².